The van der Waals surface area contributed by atoms with Crippen LogP contribution in [-0.4, -0.2) is 22.7 Å². The number of nitrogens with two attached hydrogens (primary N) is 2. The third-order valence-electron chi connectivity index (χ3n) is 1.48. The number of halogens is 3. The summed E-state index contributed by atoms with van der Waals surface area (Å²) < 4.78 is 35.4. The van der Waals surface area contributed by atoms with Gasteiger partial charge in [-0.25, -0.2) is 0 Å². The Morgan fingerprint density at radius 1 is 1.27 bits per heavy atom. The summed E-state index contributed by atoms with van der Waals surface area (Å²) in [6.45, 7) is -0.278. The van der Waals surface area contributed by atoms with Crippen LogP contribution >= 0.6 is 0 Å². The molecule has 5 N–H and O–H groups in total. The fourth-order valence-corrected chi connectivity index (χ4v) is 0.908. The minimum atomic E-state index is -4.20. The number of nitrogens with zero attached hydrogens (tertiary/aromatic N) is 2. The highest BCUT2D eigenvalue weighted by Gasteiger charge is 2.26. The standard InChI is InChI=1S/C7H10F3N5/c8-7(9,10)1-2-13-5-3-4(11)14-6(12)15-5/h3H,1-2H2,(H5,11,12,13,14,15). The first kappa shape index (κ1) is 11.3. The van der Waals surface area contributed by atoms with Gasteiger partial charge in [0.25, 0.3) is 0 Å². The zero-order chi connectivity index (χ0) is 11.5. The van der Waals surface area contributed by atoms with Crippen LogP contribution < -0.4 is 16.8 Å². The topological polar surface area (TPSA) is 89.8 Å². The Kier molecular flexibility index (Phi) is 3.17. The molecule has 0 radical (unpaired) electrons. The lowest BCUT2D eigenvalue weighted by Crippen LogP contribution is -2.15. The molecule has 0 aromatic carbocycles. The van der Waals surface area contributed by atoms with Gasteiger partial charge in [-0.15, -0.1) is 0 Å². The van der Waals surface area contributed by atoms with E-state index in [0.29, 0.717) is 0 Å². The van der Waals surface area contributed by atoms with Gasteiger partial charge in [-0.3, -0.25) is 0 Å². The van der Waals surface area contributed by atoms with Crippen molar-refractivity contribution in [1.29, 1.82) is 0 Å². The maximum Gasteiger partial charge on any atom is 0.390 e. The molecule has 1 heterocycles. The predicted octanol–water partition coefficient (Wildman–Crippen LogP) is 1.01. The molecule has 0 saturated heterocycles. The third-order valence-corrected chi connectivity index (χ3v) is 1.48. The van der Waals surface area contributed by atoms with Crippen LogP contribution in [0.3, 0.4) is 0 Å². The molecule has 0 fully saturated rings. The maximum atomic E-state index is 11.8. The van der Waals surface area contributed by atoms with Gasteiger partial charge in [0.05, 0.1) is 6.42 Å². The Morgan fingerprint density at radius 3 is 2.47 bits per heavy atom. The average molecular weight is 221 g/mol. The minimum absolute atomic E-state index is 0.0792. The van der Waals surface area contributed by atoms with Crippen molar-refractivity contribution in [3.8, 4) is 0 Å². The van der Waals surface area contributed by atoms with Crippen molar-refractivity contribution < 1.29 is 13.2 Å². The summed E-state index contributed by atoms with van der Waals surface area (Å²) in [5, 5.41) is 2.45. The van der Waals surface area contributed by atoms with Gasteiger partial charge in [0.15, 0.2) is 0 Å². The Labute approximate surface area is 83.7 Å². The fourth-order valence-electron chi connectivity index (χ4n) is 0.908. The third kappa shape index (κ3) is 4.34. The van der Waals surface area contributed by atoms with Crippen LogP contribution in [0, 0.1) is 0 Å². The maximum absolute atomic E-state index is 11.8. The summed E-state index contributed by atoms with van der Waals surface area (Å²) in [7, 11) is 0. The van der Waals surface area contributed by atoms with Crippen LogP contribution in [-0.2, 0) is 0 Å². The van der Waals surface area contributed by atoms with Crippen LogP contribution in [0.25, 0.3) is 0 Å². The largest absolute Gasteiger partial charge is 0.390 e. The lowest BCUT2D eigenvalue weighted by Gasteiger charge is -2.08. The second-order valence-electron chi connectivity index (χ2n) is 2.83. The molecule has 0 aliphatic heterocycles. The lowest BCUT2D eigenvalue weighted by atomic mass is 10.4. The van der Waals surface area contributed by atoms with Crippen molar-refractivity contribution in [2.45, 2.75) is 12.6 Å². The number of alkyl halides is 3. The molecule has 5 nitrogen and oxygen atoms in total. The van der Waals surface area contributed by atoms with E-state index in [1.54, 1.807) is 0 Å². The summed E-state index contributed by atoms with van der Waals surface area (Å²) in [5.41, 5.74) is 10.6. The molecule has 0 spiro atoms. The molecular weight excluding hydrogens is 211 g/mol. The van der Waals surface area contributed by atoms with Crippen LogP contribution in [0.2, 0.25) is 0 Å². The molecule has 15 heavy (non-hydrogen) atoms. The molecule has 0 amide bonds. The summed E-state index contributed by atoms with van der Waals surface area (Å²) in [4.78, 5) is 7.24. The number of hydrogen-bond donors (Lipinski definition) is 3. The molecule has 0 saturated carbocycles. The van der Waals surface area contributed by atoms with Gasteiger partial charge in [0, 0.05) is 12.6 Å². The van der Waals surface area contributed by atoms with Crippen LogP contribution in [0.15, 0.2) is 6.07 Å². The van der Waals surface area contributed by atoms with Gasteiger partial charge in [-0.1, -0.05) is 0 Å². The molecule has 0 aliphatic rings. The van der Waals surface area contributed by atoms with Gasteiger partial charge < -0.3 is 16.8 Å². The first-order valence-corrected chi connectivity index (χ1v) is 4.07. The highest BCUT2D eigenvalue weighted by Crippen LogP contribution is 2.19. The van der Waals surface area contributed by atoms with Crippen molar-refractivity contribution in [3.63, 3.8) is 0 Å². The summed E-state index contributed by atoms with van der Waals surface area (Å²) in [5.74, 6) is 0.214. The Morgan fingerprint density at radius 2 is 1.93 bits per heavy atom. The fraction of sp³-hybridized carbons (Fsp3) is 0.429. The monoisotopic (exact) mass is 221 g/mol. The summed E-state index contributed by atoms with van der Waals surface area (Å²) in [6.07, 6.45) is -5.14. The molecular formula is C7H10F3N5. The van der Waals surface area contributed by atoms with Crippen molar-refractivity contribution in [2.24, 2.45) is 0 Å². The Hall–Kier alpha value is -1.73. The van der Waals surface area contributed by atoms with Crippen LogP contribution in [0.5, 0.6) is 0 Å². The molecule has 0 bridgehead atoms. The number of aromatic nitrogens is 2. The van der Waals surface area contributed by atoms with Crippen LogP contribution in [0.1, 0.15) is 6.42 Å². The second-order valence-corrected chi connectivity index (χ2v) is 2.83. The van der Waals surface area contributed by atoms with E-state index < -0.39 is 12.6 Å². The zero-order valence-electron chi connectivity index (χ0n) is 7.67. The summed E-state index contributed by atoms with van der Waals surface area (Å²) in [6, 6.07) is 1.31. The Bertz CT molecular complexity index is 318. The van der Waals surface area contributed by atoms with Crippen molar-refractivity contribution >= 4 is 17.6 Å². The van der Waals surface area contributed by atoms with E-state index >= 15 is 0 Å². The van der Waals surface area contributed by atoms with Gasteiger partial charge in [0.1, 0.15) is 11.6 Å². The molecule has 1 aromatic heterocycles. The second kappa shape index (κ2) is 4.20. The van der Waals surface area contributed by atoms with E-state index in [0.717, 1.165) is 0 Å². The highest BCUT2D eigenvalue weighted by atomic mass is 19.4. The van der Waals surface area contributed by atoms with E-state index in [2.05, 4.69) is 15.3 Å². The normalized spacial score (nSPS) is 11.4. The average Bonchev–Trinajstić information content (AvgIpc) is 1.99. The molecule has 0 atom stereocenters. The number of rotatable bonds is 3. The van der Waals surface area contributed by atoms with Crippen molar-refractivity contribution in [3.05, 3.63) is 6.07 Å². The number of anilines is 3. The van der Waals surface area contributed by atoms with Crippen molar-refractivity contribution in [2.75, 3.05) is 23.3 Å². The van der Waals surface area contributed by atoms with E-state index in [1.165, 1.54) is 6.07 Å². The van der Waals surface area contributed by atoms with E-state index in [4.69, 9.17) is 11.5 Å². The molecule has 0 aliphatic carbocycles. The molecule has 1 rings (SSSR count). The summed E-state index contributed by atoms with van der Waals surface area (Å²) >= 11 is 0. The van der Waals surface area contributed by atoms with Crippen molar-refractivity contribution in [1.82, 2.24) is 9.97 Å². The smallest absolute Gasteiger partial charge is 0.383 e. The van der Waals surface area contributed by atoms with E-state index in [-0.39, 0.29) is 24.1 Å². The van der Waals surface area contributed by atoms with Gasteiger partial charge in [0.2, 0.25) is 5.95 Å². The number of nitrogens with one attached hydrogen (secondary N) is 1. The SMILES string of the molecule is Nc1cc(NCCC(F)(F)F)nc(N)n1. The number of hydrogen-bond acceptors (Lipinski definition) is 5. The quantitative estimate of drug-likeness (QED) is 0.708. The lowest BCUT2D eigenvalue weighted by molar-refractivity contribution is -0.131. The molecule has 8 heteroatoms. The predicted molar refractivity (Wildman–Crippen MR) is 50.0 cm³/mol. The number of nitrogen functional groups attached to an aromatic ring is 2. The van der Waals surface area contributed by atoms with Crippen LogP contribution in [0.4, 0.5) is 30.8 Å². The zero-order valence-corrected chi connectivity index (χ0v) is 7.67. The molecule has 1 aromatic rings. The van der Waals surface area contributed by atoms with E-state index in [1.807, 2.05) is 0 Å². The molecule has 84 valence electrons. The minimum Gasteiger partial charge on any atom is -0.383 e. The first-order chi connectivity index (χ1) is 6.87. The van der Waals surface area contributed by atoms with E-state index in [9.17, 15) is 13.2 Å². The van der Waals surface area contributed by atoms with Gasteiger partial charge in [-0.05, 0) is 0 Å². The first-order valence-electron chi connectivity index (χ1n) is 4.07. The highest BCUT2D eigenvalue weighted by molar-refractivity contribution is 5.48. The van der Waals surface area contributed by atoms with Gasteiger partial charge in [-0.2, -0.15) is 23.1 Å². The molecule has 0 unspecified atom stereocenters. The van der Waals surface area contributed by atoms with Gasteiger partial charge >= 0.3 is 6.18 Å². The Balaban J connectivity index is 2.51.